The van der Waals surface area contributed by atoms with Crippen molar-refractivity contribution in [3.63, 3.8) is 0 Å². The number of hydrogen-bond donors (Lipinski definition) is 1. The van der Waals surface area contributed by atoms with Gasteiger partial charge in [-0.25, -0.2) is 4.99 Å². The van der Waals surface area contributed by atoms with Crippen LogP contribution in [0.4, 0.5) is 5.69 Å². The highest BCUT2D eigenvalue weighted by Gasteiger charge is 1.92. The molecule has 0 aromatic heterocycles. The van der Waals surface area contributed by atoms with Crippen molar-refractivity contribution < 1.29 is 0 Å². The standard InChI is InChI=1S/C10H13ClN2/c1-2-3-10(12)13-9-6-4-8(11)5-7-9/h4-7H,2-3H2,1H3,(H2,12,13). The highest BCUT2D eigenvalue weighted by Crippen LogP contribution is 2.16. The van der Waals surface area contributed by atoms with Crippen molar-refractivity contribution >= 4 is 23.1 Å². The first-order valence-electron chi connectivity index (χ1n) is 4.31. The summed E-state index contributed by atoms with van der Waals surface area (Å²) in [5, 5.41) is 0.716. The van der Waals surface area contributed by atoms with Crippen LogP contribution in [-0.2, 0) is 0 Å². The fourth-order valence-corrected chi connectivity index (χ4v) is 1.12. The van der Waals surface area contributed by atoms with Crippen LogP contribution in [0.1, 0.15) is 19.8 Å². The number of hydrogen-bond acceptors (Lipinski definition) is 1. The lowest BCUT2D eigenvalue weighted by Crippen LogP contribution is -2.09. The molecule has 0 saturated heterocycles. The number of aliphatic imine (C=N–C) groups is 1. The molecule has 0 aliphatic rings. The minimum atomic E-state index is 0.671. The predicted octanol–water partition coefficient (Wildman–Crippen LogP) is 3.13. The van der Waals surface area contributed by atoms with Crippen molar-refractivity contribution in [2.24, 2.45) is 10.7 Å². The van der Waals surface area contributed by atoms with Crippen LogP contribution in [0.3, 0.4) is 0 Å². The Labute approximate surface area is 83.4 Å². The molecule has 1 rings (SSSR count). The second-order valence-electron chi connectivity index (χ2n) is 2.83. The molecule has 1 aromatic rings. The smallest absolute Gasteiger partial charge is 0.0996 e. The average molecular weight is 197 g/mol. The van der Waals surface area contributed by atoms with Gasteiger partial charge in [0.15, 0.2) is 0 Å². The van der Waals surface area contributed by atoms with Crippen LogP contribution >= 0.6 is 11.6 Å². The third-order valence-corrected chi connectivity index (χ3v) is 1.86. The molecule has 70 valence electrons. The summed E-state index contributed by atoms with van der Waals surface area (Å²) in [4.78, 5) is 4.23. The molecule has 0 spiro atoms. The second kappa shape index (κ2) is 4.87. The fourth-order valence-electron chi connectivity index (χ4n) is 0.993. The third-order valence-electron chi connectivity index (χ3n) is 1.61. The maximum absolute atomic E-state index is 5.73. The molecule has 13 heavy (non-hydrogen) atoms. The van der Waals surface area contributed by atoms with Gasteiger partial charge >= 0.3 is 0 Å². The van der Waals surface area contributed by atoms with Crippen LogP contribution < -0.4 is 5.73 Å². The van der Waals surface area contributed by atoms with Gasteiger partial charge in [0.05, 0.1) is 11.5 Å². The molecule has 0 fully saturated rings. The van der Waals surface area contributed by atoms with Gasteiger partial charge in [0.1, 0.15) is 0 Å². The Hall–Kier alpha value is -1.02. The van der Waals surface area contributed by atoms with Crippen molar-refractivity contribution in [3.05, 3.63) is 29.3 Å². The lowest BCUT2D eigenvalue weighted by molar-refractivity contribution is 0.983. The van der Waals surface area contributed by atoms with E-state index in [9.17, 15) is 0 Å². The zero-order valence-corrected chi connectivity index (χ0v) is 8.38. The molecular weight excluding hydrogens is 184 g/mol. The summed E-state index contributed by atoms with van der Waals surface area (Å²) in [5.41, 5.74) is 6.53. The van der Waals surface area contributed by atoms with E-state index in [1.54, 1.807) is 12.1 Å². The van der Waals surface area contributed by atoms with E-state index >= 15 is 0 Å². The summed E-state index contributed by atoms with van der Waals surface area (Å²) in [7, 11) is 0. The molecule has 0 heterocycles. The van der Waals surface area contributed by atoms with Gasteiger partial charge in [0.2, 0.25) is 0 Å². The summed E-state index contributed by atoms with van der Waals surface area (Å²) in [5.74, 6) is 0.671. The fraction of sp³-hybridized carbons (Fsp3) is 0.300. The summed E-state index contributed by atoms with van der Waals surface area (Å²) in [6.07, 6.45) is 1.85. The number of nitrogens with zero attached hydrogens (tertiary/aromatic N) is 1. The van der Waals surface area contributed by atoms with E-state index in [1.165, 1.54) is 0 Å². The van der Waals surface area contributed by atoms with E-state index in [1.807, 2.05) is 12.1 Å². The molecule has 1 aromatic carbocycles. The summed E-state index contributed by atoms with van der Waals surface area (Å²) in [6.45, 7) is 2.07. The van der Waals surface area contributed by atoms with E-state index in [4.69, 9.17) is 17.3 Å². The lowest BCUT2D eigenvalue weighted by atomic mass is 10.3. The SMILES string of the molecule is CCCC(N)=Nc1ccc(Cl)cc1. The Bertz CT molecular complexity index is 290. The molecule has 0 amide bonds. The van der Waals surface area contributed by atoms with Gasteiger partial charge in [-0.2, -0.15) is 0 Å². The van der Waals surface area contributed by atoms with E-state index in [-0.39, 0.29) is 0 Å². The van der Waals surface area contributed by atoms with Gasteiger partial charge in [-0.05, 0) is 30.7 Å². The first-order valence-corrected chi connectivity index (χ1v) is 4.68. The van der Waals surface area contributed by atoms with Crippen molar-refractivity contribution in [1.29, 1.82) is 0 Å². The molecule has 0 radical (unpaired) electrons. The molecule has 0 aliphatic heterocycles. The number of halogens is 1. The average Bonchev–Trinajstić information content (AvgIpc) is 2.09. The zero-order chi connectivity index (χ0) is 9.68. The molecular formula is C10H13ClN2. The van der Waals surface area contributed by atoms with Crippen LogP contribution in [0.15, 0.2) is 29.3 Å². The Morgan fingerprint density at radius 1 is 1.38 bits per heavy atom. The number of benzene rings is 1. The predicted molar refractivity (Wildman–Crippen MR) is 57.6 cm³/mol. The maximum atomic E-state index is 5.73. The van der Waals surface area contributed by atoms with E-state index in [2.05, 4.69) is 11.9 Å². The number of nitrogens with two attached hydrogens (primary N) is 1. The van der Waals surface area contributed by atoms with Crippen LogP contribution in [0.5, 0.6) is 0 Å². The Morgan fingerprint density at radius 2 is 2.00 bits per heavy atom. The van der Waals surface area contributed by atoms with E-state index in [0.717, 1.165) is 18.5 Å². The Balaban J connectivity index is 2.73. The highest BCUT2D eigenvalue weighted by atomic mass is 35.5. The Kier molecular flexibility index (Phi) is 3.77. The summed E-state index contributed by atoms with van der Waals surface area (Å²) in [6, 6.07) is 7.31. The second-order valence-corrected chi connectivity index (χ2v) is 3.27. The van der Waals surface area contributed by atoms with Crippen LogP contribution in [0, 0.1) is 0 Å². The largest absolute Gasteiger partial charge is 0.387 e. The molecule has 0 atom stereocenters. The van der Waals surface area contributed by atoms with Crippen molar-refractivity contribution in [1.82, 2.24) is 0 Å². The molecule has 2 nitrogen and oxygen atoms in total. The molecule has 2 N–H and O–H groups in total. The number of rotatable bonds is 3. The first-order chi connectivity index (χ1) is 6.22. The third kappa shape index (κ3) is 3.47. The van der Waals surface area contributed by atoms with Crippen LogP contribution in [0.25, 0.3) is 0 Å². The Morgan fingerprint density at radius 3 is 2.54 bits per heavy atom. The van der Waals surface area contributed by atoms with Crippen molar-refractivity contribution in [2.45, 2.75) is 19.8 Å². The normalized spacial score (nSPS) is 11.7. The summed E-state index contributed by atoms with van der Waals surface area (Å²) < 4.78 is 0. The molecule has 3 heteroatoms. The van der Waals surface area contributed by atoms with Gasteiger partial charge < -0.3 is 5.73 Å². The lowest BCUT2D eigenvalue weighted by Gasteiger charge is -1.98. The van der Waals surface area contributed by atoms with Crippen LogP contribution in [-0.4, -0.2) is 5.84 Å². The number of amidine groups is 1. The molecule has 0 bridgehead atoms. The zero-order valence-electron chi connectivity index (χ0n) is 7.63. The quantitative estimate of drug-likeness (QED) is 0.586. The van der Waals surface area contributed by atoms with E-state index in [0.29, 0.717) is 10.9 Å². The molecule has 0 saturated carbocycles. The van der Waals surface area contributed by atoms with Gasteiger partial charge in [0.25, 0.3) is 0 Å². The van der Waals surface area contributed by atoms with Gasteiger partial charge in [-0.3, -0.25) is 0 Å². The highest BCUT2D eigenvalue weighted by molar-refractivity contribution is 6.30. The van der Waals surface area contributed by atoms with Crippen molar-refractivity contribution in [2.75, 3.05) is 0 Å². The van der Waals surface area contributed by atoms with Gasteiger partial charge in [-0.1, -0.05) is 18.5 Å². The van der Waals surface area contributed by atoms with Gasteiger partial charge in [-0.15, -0.1) is 0 Å². The summed E-state index contributed by atoms with van der Waals surface area (Å²) >= 11 is 5.73. The van der Waals surface area contributed by atoms with Crippen molar-refractivity contribution in [3.8, 4) is 0 Å². The molecule has 0 unspecified atom stereocenters. The van der Waals surface area contributed by atoms with Gasteiger partial charge in [0, 0.05) is 11.4 Å². The monoisotopic (exact) mass is 196 g/mol. The molecule has 0 aliphatic carbocycles. The topological polar surface area (TPSA) is 38.4 Å². The van der Waals surface area contributed by atoms with Crippen LogP contribution in [0.2, 0.25) is 5.02 Å². The minimum Gasteiger partial charge on any atom is -0.387 e. The first kappa shape index (κ1) is 10.1. The minimum absolute atomic E-state index is 0.671. The van der Waals surface area contributed by atoms with E-state index < -0.39 is 0 Å². The maximum Gasteiger partial charge on any atom is 0.0996 e.